The smallest absolute Gasteiger partial charge is 0.132 e. The maximum Gasteiger partial charge on any atom is 0.132 e. The quantitative estimate of drug-likeness (QED) is 0.733. The third kappa shape index (κ3) is 2.92. The average Bonchev–Trinajstić information content (AvgIpc) is 2.24. The molecule has 0 fully saturated rings. The first kappa shape index (κ1) is 12.0. The molecule has 0 saturated carbocycles. The van der Waals surface area contributed by atoms with Gasteiger partial charge in [-0.25, -0.2) is 0 Å². The second kappa shape index (κ2) is 5.11. The first-order chi connectivity index (χ1) is 7.06. The van der Waals surface area contributed by atoms with Crippen molar-refractivity contribution in [3.63, 3.8) is 0 Å². The fraction of sp³-hybridized carbons (Fsp3) is 0.500. The molecule has 15 heavy (non-hydrogen) atoms. The molecule has 1 rings (SSSR count). The second-order valence-electron chi connectivity index (χ2n) is 4.18. The minimum atomic E-state index is 0.354. The Hall–Kier alpha value is -1.11. The van der Waals surface area contributed by atoms with Gasteiger partial charge < -0.3 is 0 Å². The lowest BCUT2D eigenvalue weighted by Crippen LogP contribution is -2.00. The SMILES string of the molecule is CCC(=O)CCc1ccc(C)c(C)c1C. The van der Waals surface area contributed by atoms with E-state index in [-0.39, 0.29) is 0 Å². The van der Waals surface area contributed by atoms with Gasteiger partial charge in [-0.2, -0.15) is 0 Å². The predicted octanol–water partition coefficient (Wildman–Crippen LogP) is 3.52. The summed E-state index contributed by atoms with van der Waals surface area (Å²) in [6.07, 6.45) is 2.23. The van der Waals surface area contributed by atoms with Crippen LogP contribution in [0.15, 0.2) is 12.1 Å². The molecule has 0 atom stereocenters. The lowest BCUT2D eigenvalue weighted by Gasteiger charge is -2.10. The Morgan fingerprint density at radius 2 is 1.80 bits per heavy atom. The third-order valence-corrected chi connectivity index (χ3v) is 3.24. The highest BCUT2D eigenvalue weighted by molar-refractivity contribution is 5.78. The molecular weight excluding hydrogens is 184 g/mol. The van der Waals surface area contributed by atoms with Crippen LogP contribution in [-0.4, -0.2) is 5.78 Å². The van der Waals surface area contributed by atoms with Gasteiger partial charge in [0.05, 0.1) is 0 Å². The Balaban J connectivity index is 2.78. The number of hydrogen-bond donors (Lipinski definition) is 0. The largest absolute Gasteiger partial charge is 0.300 e. The van der Waals surface area contributed by atoms with Gasteiger partial charge in [-0.3, -0.25) is 4.79 Å². The molecule has 0 aliphatic carbocycles. The summed E-state index contributed by atoms with van der Waals surface area (Å²) in [5.41, 5.74) is 5.35. The molecule has 1 aromatic carbocycles. The molecule has 0 heterocycles. The number of carbonyl (C=O) groups is 1. The van der Waals surface area contributed by atoms with E-state index < -0.39 is 0 Å². The molecule has 0 bridgehead atoms. The van der Waals surface area contributed by atoms with E-state index in [1.807, 2.05) is 6.92 Å². The minimum Gasteiger partial charge on any atom is -0.300 e. The number of Topliss-reactive ketones (excluding diaryl/α,β-unsaturated/α-hetero) is 1. The van der Waals surface area contributed by atoms with Crippen molar-refractivity contribution >= 4 is 5.78 Å². The van der Waals surface area contributed by atoms with E-state index in [9.17, 15) is 4.79 Å². The maximum atomic E-state index is 11.2. The molecule has 0 N–H and O–H groups in total. The van der Waals surface area contributed by atoms with Crippen LogP contribution in [0.3, 0.4) is 0 Å². The third-order valence-electron chi connectivity index (χ3n) is 3.24. The first-order valence-corrected chi connectivity index (χ1v) is 5.63. The monoisotopic (exact) mass is 204 g/mol. The zero-order chi connectivity index (χ0) is 11.4. The second-order valence-corrected chi connectivity index (χ2v) is 4.18. The van der Waals surface area contributed by atoms with Crippen LogP contribution in [0.4, 0.5) is 0 Å². The average molecular weight is 204 g/mol. The number of rotatable bonds is 4. The van der Waals surface area contributed by atoms with Crippen molar-refractivity contribution in [2.24, 2.45) is 0 Å². The minimum absolute atomic E-state index is 0.354. The van der Waals surface area contributed by atoms with Gasteiger partial charge in [0.1, 0.15) is 5.78 Å². The Morgan fingerprint density at radius 1 is 1.13 bits per heavy atom. The van der Waals surface area contributed by atoms with Gasteiger partial charge in [0.15, 0.2) is 0 Å². The number of benzene rings is 1. The summed E-state index contributed by atoms with van der Waals surface area (Å²) in [6.45, 7) is 8.35. The van der Waals surface area contributed by atoms with E-state index in [4.69, 9.17) is 0 Å². The van der Waals surface area contributed by atoms with Gasteiger partial charge in [0, 0.05) is 12.8 Å². The highest BCUT2D eigenvalue weighted by Crippen LogP contribution is 2.18. The Kier molecular flexibility index (Phi) is 4.07. The highest BCUT2D eigenvalue weighted by atomic mass is 16.1. The summed E-state index contributed by atoms with van der Waals surface area (Å²) < 4.78 is 0. The van der Waals surface area contributed by atoms with E-state index in [0.29, 0.717) is 18.6 Å². The summed E-state index contributed by atoms with van der Waals surface area (Å²) in [5, 5.41) is 0. The molecule has 0 aliphatic rings. The summed E-state index contributed by atoms with van der Waals surface area (Å²) >= 11 is 0. The lowest BCUT2D eigenvalue weighted by atomic mass is 9.95. The molecule has 0 saturated heterocycles. The van der Waals surface area contributed by atoms with Crippen molar-refractivity contribution in [1.82, 2.24) is 0 Å². The van der Waals surface area contributed by atoms with Gasteiger partial charge >= 0.3 is 0 Å². The summed E-state index contributed by atoms with van der Waals surface area (Å²) in [4.78, 5) is 11.2. The Labute approximate surface area is 92.5 Å². The molecule has 0 radical (unpaired) electrons. The lowest BCUT2D eigenvalue weighted by molar-refractivity contribution is -0.118. The highest BCUT2D eigenvalue weighted by Gasteiger charge is 2.05. The van der Waals surface area contributed by atoms with Crippen LogP contribution in [-0.2, 0) is 11.2 Å². The van der Waals surface area contributed by atoms with Crippen LogP contribution in [0.5, 0.6) is 0 Å². The van der Waals surface area contributed by atoms with Crippen LogP contribution < -0.4 is 0 Å². The van der Waals surface area contributed by atoms with Crippen molar-refractivity contribution in [3.05, 3.63) is 34.4 Å². The summed E-state index contributed by atoms with van der Waals surface area (Å²) in [6, 6.07) is 4.30. The number of aryl methyl sites for hydroxylation is 2. The summed E-state index contributed by atoms with van der Waals surface area (Å²) in [7, 11) is 0. The first-order valence-electron chi connectivity index (χ1n) is 5.63. The number of ketones is 1. The van der Waals surface area contributed by atoms with Crippen molar-refractivity contribution in [2.75, 3.05) is 0 Å². The van der Waals surface area contributed by atoms with Crippen molar-refractivity contribution in [1.29, 1.82) is 0 Å². The molecule has 0 aromatic heterocycles. The van der Waals surface area contributed by atoms with Crippen molar-refractivity contribution in [2.45, 2.75) is 47.0 Å². The molecule has 0 spiro atoms. The van der Waals surface area contributed by atoms with Crippen molar-refractivity contribution in [3.8, 4) is 0 Å². The fourth-order valence-electron chi connectivity index (χ4n) is 1.73. The van der Waals surface area contributed by atoms with Crippen LogP contribution >= 0.6 is 0 Å². The maximum absolute atomic E-state index is 11.2. The van der Waals surface area contributed by atoms with Gasteiger partial charge in [-0.05, 0) is 49.4 Å². The van der Waals surface area contributed by atoms with Gasteiger partial charge in [0.2, 0.25) is 0 Å². The van der Waals surface area contributed by atoms with Crippen molar-refractivity contribution < 1.29 is 4.79 Å². The van der Waals surface area contributed by atoms with Crippen LogP contribution in [0, 0.1) is 20.8 Å². The molecule has 0 unspecified atom stereocenters. The van der Waals surface area contributed by atoms with E-state index in [1.165, 1.54) is 22.3 Å². The van der Waals surface area contributed by atoms with Crippen LogP contribution in [0.1, 0.15) is 42.0 Å². The van der Waals surface area contributed by atoms with E-state index in [1.54, 1.807) is 0 Å². The number of hydrogen-bond acceptors (Lipinski definition) is 1. The van der Waals surface area contributed by atoms with Gasteiger partial charge in [0.25, 0.3) is 0 Å². The van der Waals surface area contributed by atoms with Gasteiger partial charge in [-0.1, -0.05) is 19.1 Å². The van der Waals surface area contributed by atoms with E-state index in [0.717, 1.165) is 6.42 Å². The van der Waals surface area contributed by atoms with E-state index in [2.05, 4.69) is 32.9 Å². The van der Waals surface area contributed by atoms with Crippen LogP contribution in [0.2, 0.25) is 0 Å². The molecule has 1 heteroatoms. The zero-order valence-corrected chi connectivity index (χ0v) is 10.2. The molecule has 1 nitrogen and oxygen atoms in total. The standard InChI is InChI=1S/C14H20O/c1-5-14(15)9-8-13-7-6-10(2)11(3)12(13)4/h6-7H,5,8-9H2,1-4H3. The fourth-order valence-corrected chi connectivity index (χ4v) is 1.73. The molecule has 82 valence electrons. The Morgan fingerprint density at radius 3 is 2.40 bits per heavy atom. The van der Waals surface area contributed by atoms with E-state index >= 15 is 0 Å². The molecule has 1 aromatic rings. The van der Waals surface area contributed by atoms with Gasteiger partial charge in [-0.15, -0.1) is 0 Å². The molecule has 0 amide bonds. The molecule has 0 aliphatic heterocycles. The zero-order valence-electron chi connectivity index (χ0n) is 10.2. The normalized spacial score (nSPS) is 10.4. The molecular formula is C14H20O. The summed E-state index contributed by atoms with van der Waals surface area (Å²) in [5.74, 6) is 0.354. The number of carbonyl (C=O) groups excluding carboxylic acids is 1. The Bertz CT molecular complexity index is 364. The predicted molar refractivity (Wildman–Crippen MR) is 64.3 cm³/mol. The van der Waals surface area contributed by atoms with Crippen LogP contribution in [0.25, 0.3) is 0 Å². The topological polar surface area (TPSA) is 17.1 Å².